The van der Waals surface area contributed by atoms with Gasteiger partial charge in [-0.25, -0.2) is 0 Å². The van der Waals surface area contributed by atoms with E-state index in [1.807, 2.05) is 6.92 Å². The number of likely N-dealkylation sites (N-methyl/N-ethyl adjacent to an activating group) is 2. The summed E-state index contributed by atoms with van der Waals surface area (Å²) >= 11 is 0. The SMILES string of the molecule is CC(O)C[N+](C)(C)C(C)(C)C[N+](C)(C)C(C)(C)CO. The molecule has 0 radical (unpaired) electrons. The molecule has 0 aromatic heterocycles. The van der Waals surface area contributed by atoms with Crippen molar-refractivity contribution in [1.82, 2.24) is 0 Å². The molecule has 0 aromatic carbocycles. The Morgan fingerprint density at radius 1 is 0.895 bits per heavy atom. The minimum atomic E-state index is -0.310. The van der Waals surface area contributed by atoms with Crippen LogP contribution in [0.2, 0.25) is 0 Å². The standard InChI is InChI=1S/C15H36N2O2/c1-13(19)10-16(6,7)14(2,3)11-17(8,9)15(4,5)12-18/h13,18-19H,10-12H2,1-9H3/q+2. The van der Waals surface area contributed by atoms with Gasteiger partial charge in [-0.3, -0.25) is 0 Å². The third kappa shape index (κ3) is 4.42. The van der Waals surface area contributed by atoms with Crippen LogP contribution in [0.3, 0.4) is 0 Å². The lowest BCUT2D eigenvalue weighted by Crippen LogP contribution is -2.69. The van der Waals surface area contributed by atoms with Crippen LogP contribution in [0.25, 0.3) is 0 Å². The van der Waals surface area contributed by atoms with Gasteiger partial charge < -0.3 is 19.2 Å². The second kappa shape index (κ2) is 5.68. The van der Waals surface area contributed by atoms with Crippen molar-refractivity contribution < 1.29 is 19.2 Å². The predicted molar refractivity (Wildman–Crippen MR) is 80.9 cm³/mol. The van der Waals surface area contributed by atoms with Gasteiger partial charge in [-0.2, -0.15) is 0 Å². The number of quaternary nitrogens is 2. The molecule has 19 heavy (non-hydrogen) atoms. The zero-order valence-corrected chi connectivity index (χ0v) is 14.5. The van der Waals surface area contributed by atoms with E-state index in [4.69, 9.17) is 0 Å². The van der Waals surface area contributed by atoms with Gasteiger partial charge in [-0.05, 0) is 34.6 Å². The number of aliphatic hydroxyl groups is 2. The normalized spacial score (nSPS) is 16.6. The van der Waals surface area contributed by atoms with E-state index in [1.54, 1.807) is 0 Å². The summed E-state index contributed by atoms with van der Waals surface area (Å²) in [5.74, 6) is 0. The van der Waals surface area contributed by atoms with Crippen LogP contribution in [0, 0.1) is 0 Å². The van der Waals surface area contributed by atoms with Gasteiger partial charge in [0.2, 0.25) is 0 Å². The maximum absolute atomic E-state index is 9.69. The van der Waals surface area contributed by atoms with Crippen LogP contribution in [0.1, 0.15) is 34.6 Å². The molecule has 0 saturated carbocycles. The Kier molecular flexibility index (Phi) is 5.63. The van der Waals surface area contributed by atoms with Crippen molar-refractivity contribution in [3.05, 3.63) is 0 Å². The molecule has 0 rings (SSSR count). The average Bonchev–Trinajstić information content (AvgIpc) is 2.13. The van der Waals surface area contributed by atoms with E-state index in [0.717, 1.165) is 22.1 Å². The topological polar surface area (TPSA) is 40.5 Å². The molecular weight excluding hydrogens is 240 g/mol. The highest BCUT2D eigenvalue weighted by atomic mass is 16.3. The molecule has 4 nitrogen and oxygen atoms in total. The highest BCUT2D eigenvalue weighted by molar-refractivity contribution is 4.75. The fourth-order valence-electron chi connectivity index (χ4n) is 2.47. The smallest absolute Gasteiger partial charge is 0.143 e. The summed E-state index contributed by atoms with van der Waals surface area (Å²) in [5.41, 5.74) is -0.172. The van der Waals surface area contributed by atoms with Crippen molar-refractivity contribution in [2.45, 2.75) is 51.8 Å². The first kappa shape index (κ1) is 18.8. The quantitative estimate of drug-likeness (QED) is 0.683. The molecule has 0 fully saturated rings. The Morgan fingerprint density at radius 2 is 1.32 bits per heavy atom. The van der Waals surface area contributed by atoms with Crippen molar-refractivity contribution in [3.8, 4) is 0 Å². The largest absolute Gasteiger partial charge is 0.390 e. The molecular formula is C15H36N2O2+2. The van der Waals surface area contributed by atoms with Gasteiger partial charge in [0.05, 0.1) is 34.8 Å². The molecule has 0 saturated heterocycles. The summed E-state index contributed by atoms with van der Waals surface area (Å²) in [7, 11) is 8.66. The number of rotatable bonds is 7. The van der Waals surface area contributed by atoms with E-state index in [-0.39, 0.29) is 23.8 Å². The highest BCUT2D eigenvalue weighted by Gasteiger charge is 2.47. The second-order valence-electron chi connectivity index (χ2n) is 8.34. The average molecular weight is 276 g/mol. The van der Waals surface area contributed by atoms with E-state index in [2.05, 4.69) is 55.9 Å². The molecule has 0 spiro atoms. The zero-order chi connectivity index (χ0) is 15.7. The molecule has 4 heteroatoms. The maximum atomic E-state index is 9.69. The van der Waals surface area contributed by atoms with Gasteiger partial charge in [0.15, 0.2) is 0 Å². The lowest BCUT2D eigenvalue weighted by Gasteiger charge is -2.52. The Hall–Kier alpha value is -0.160. The van der Waals surface area contributed by atoms with Crippen molar-refractivity contribution in [2.24, 2.45) is 0 Å². The Labute approximate surface area is 119 Å². The summed E-state index contributed by atoms with van der Waals surface area (Å²) in [6, 6.07) is 0. The third-order valence-electron chi connectivity index (χ3n) is 5.17. The minimum absolute atomic E-state index is 0.00687. The fraction of sp³-hybridized carbons (Fsp3) is 1.00. The number of hydrogen-bond donors (Lipinski definition) is 2. The predicted octanol–water partition coefficient (Wildman–Crippen LogP) is 1.07. The Morgan fingerprint density at radius 3 is 1.63 bits per heavy atom. The van der Waals surface area contributed by atoms with Crippen LogP contribution in [0.4, 0.5) is 0 Å². The van der Waals surface area contributed by atoms with Gasteiger partial charge in [-0.1, -0.05) is 0 Å². The van der Waals surface area contributed by atoms with Crippen molar-refractivity contribution in [1.29, 1.82) is 0 Å². The van der Waals surface area contributed by atoms with E-state index in [9.17, 15) is 10.2 Å². The molecule has 0 aliphatic heterocycles. The first-order valence-electron chi connectivity index (χ1n) is 7.14. The van der Waals surface area contributed by atoms with Crippen LogP contribution in [0.5, 0.6) is 0 Å². The van der Waals surface area contributed by atoms with Crippen LogP contribution >= 0.6 is 0 Å². The lowest BCUT2D eigenvalue weighted by atomic mass is 9.93. The van der Waals surface area contributed by atoms with E-state index >= 15 is 0 Å². The molecule has 2 N–H and O–H groups in total. The second-order valence-corrected chi connectivity index (χ2v) is 8.34. The number of nitrogens with zero attached hydrogens (tertiary/aromatic N) is 2. The van der Waals surface area contributed by atoms with Crippen molar-refractivity contribution in [3.63, 3.8) is 0 Å². The maximum Gasteiger partial charge on any atom is 0.143 e. The van der Waals surface area contributed by atoms with Crippen molar-refractivity contribution >= 4 is 0 Å². The number of aliphatic hydroxyl groups excluding tert-OH is 2. The molecule has 1 unspecified atom stereocenters. The summed E-state index contributed by atoms with van der Waals surface area (Å²) < 4.78 is 1.51. The Balaban J connectivity index is 5.14. The van der Waals surface area contributed by atoms with Gasteiger partial charge in [0, 0.05) is 0 Å². The number of hydrogen-bond acceptors (Lipinski definition) is 2. The first-order chi connectivity index (χ1) is 8.18. The molecule has 1 atom stereocenters. The molecule has 0 aromatic rings. The summed E-state index contributed by atoms with van der Waals surface area (Å²) in [6.07, 6.45) is -0.310. The summed E-state index contributed by atoms with van der Waals surface area (Å²) in [5, 5.41) is 19.3. The molecule has 116 valence electrons. The fourth-order valence-corrected chi connectivity index (χ4v) is 2.47. The van der Waals surface area contributed by atoms with Crippen LogP contribution in [-0.4, -0.2) is 84.2 Å². The van der Waals surface area contributed by atoms with E-state index in [0.29, 0.717) is 0 Å². The summed E-state index contributed by atoms with van der Waals surface area (Å²) in [4.78, 5) is 0. The monoisotopic (exact) mass is 276 g/mol. The molecule has 0 aliphatic carbocycles. The van der Waals surface area contributed by atoms with E-state index < -0.39 is 0 Å². The molecule has 0 bridgehead atoms. The Bertz CT molecular complexity index is 295. The van der Waals surface area contributed by atoms with Gasteiger partial charge in [-0.15, -0.1) is 0 Å². The lowest BCUT2D eigenvalue weighted by molar-refractivity contribution is -1.00. The van der Waals surface area contributed by atoms with Crippen LogP contribution in [0.15, 0.2) is 0 Å². The van der Waals surface area contributed by atoms with Gasteiger partial charge in [0.1, 0.15) is 30.3 Å². The van der Waals surface area contributed by atoms with Crippen LogP contribution in [-0.2, 0) is 0 Å². The molecule has 0 heterocycles. The molecule has 0 amide bonds. The summed E-state index contributed by atoms with van der Waals surface area (Å²) in [6.45, 7) is 12.3. The van der Waals surface area contributed by atoms with Gasteiger partial charge in [0.25, 0.3) is 0 Å². The minimum Gasteiger partial charge on any atom is -0.390 e. The van der Waals surface area contributed by atoms with Gasteiger partial charge >= 0.3 is 0 Å². The first-order valence-corrected chi connectivity index (χ1v) is 7.14. The zero-order valence-electron chi connectivity index (χ0n) is 14.5. The van der Waals surface area contributed by atoms with E-state index in [1.165, 1.54) is 0 Å². The van der Waals surface area contributed by atoms with Crippen molar-refractivity contribution in [2.75, 3.05) is 47.9 Å². The highest BCUT2D eigenvalue weighted by Crippen LogP contribution is 2.29. The third-order valence-corrected chi connectivity index (χ3v) is 5.17. The molecule has 0 aliphatic rings. The van der Waals surface area contributed by atoms with Crippen LogP contribution < -0.4 is 0 Å².